The molecule has 1 saturated heterocycles. The molecule has 0 bridgehead atoms. The van der Waals surface area contributed by atoms with E-state index in [1.54, 1.807) is 6.07 Å². The molecule has 0 spiro atoms. The summed E-state index contributed by atoms with van der Waals surface area (Å²) in [4.78, 5) is 14.0. The summed E-state index contributed by atoms with van der Waals surface area (Å²) >= 11 is 3.52. The van der Waals surface area contributed by atoms with Crippen LogP contribution in [0.4, 0.5) is 0 Å². The smallest absolute Gasteiger partial charge is 0.337 e. The Bertz CT molecular complexity index is 487. The summed E-state index contributed by atoms with van der Waals surface area (Å²) in [6.45, 7) is 6.49. The van der Waals surface area contributed by atoms with E-state index in [1.165, 1.54) is 33.0 Å². The van der Waals surface area contributed by atoms with Crippen molar-refractivity contribution in [3.63, 3.8) is 0 Å². The van der Waals surface area contributed by atoms with Crippen LogP contribution in [0.3, 0.4) is 0 Å². The van der Waals surface area contributed by atoms with Crippen LogP contribution in [-0.2, 0) is 11.3 Å². The number of likely N-dealkylation sites (tertiary alicyclic amines) is 1. The molecule has 21 heavy (non-hydrogen) atoms. The zero-order chi connectivity index (χ0) is 15.2. The zero-order valence-electron chi connectivity index (χ0n) is 12.7. The van der Waals surface area contributed by atoms with Gasteiger partial charge in [0.05, 0.1) is 12.7 Å². The van der Waals surface area contributed by atoms with Gasteiger partial charge in [-0.3, -0.25) is 4.90 Å². The number of benzene rings is 1. The van der Waals surface area contributed by atoms with E-state index in [0.717, 1.165) is 23.1 Å². The van der Waals surface area contributed by atoms with Crippen molar-refractivity contribution in [2.75, 3.05) is 26.7 Å². The van der Waals surface area contributed by atoms with Crippen molar-refractivity contribution in [3.8, 4) is 0 Å². The van der Waals surface area contributed by atoms with Gasteiger partial charge in [0.15, 0.2) is 0 Å². The van der Waals surface area contributed by atoms with Crippen LogP contribution in [0.15, 0.2) is 22.7 Å². The first-order valence-electron chi connectivity index (χ1n) is 7.43. The first kappa shape index (κ1) is 16.5. The van der Waals surface area contributed by atoms with Crippen molar-refractivity contribution in [1.82, 2.24) is 10.2 Å². The predicted octanol–water partition coefficient (Wildman–Crippen LogP) is 2.81. The van der Waals surface area contributed by atoms with Gasteiger partial charge in [-0.2, -0.15) is 0 Å². The third-order valence-electron chi connectivity index (χ3n) is 3.99. The normalized spacial score (nSPS) is 16.9. The topological polar surface area (TPSA) is 41.6 Å². The number of halogens is 1. The summed E-state index contributed by atoms with van der Waals surface area (Å²) in [6, 6.07) is 6.15. The lowest BCUT2D eigenvalue weighted by Crippen LogP contribution is -2.38. The van der Waals surface area contributed by atoms with E-state index in [9.17, 15) is 4.79 Å². The van der Waals surface area contributed by atoms with Crippen LogP contribution in [0, 0.1) is 0 Å². The second-order valence-electron chi connectivity index (χ2n) is 5.52. The highest BCUT2D eigenvalue weighted by molar-refractivity contribution is 9.10. The summed E-state index contributed by atoms with van der Waals surface area (Å²) in [5.41, 5.74) is 1.72. The lowest BCUT2D eigenvalue weighted by Gasteiger charge is -2.24. The van der Waals surface area contributed by atoms with Crippen molar-refractivity contribution >= 4 is 21.9 Å². The number of carbonyl (C=O) groups excluding carboxylic acids is 1. The SMILES string of the molecule is COC(=O)c1ccc(CNCC(C)N2CCCC2)c(Br)c1. The molecule has 1 heterocycles. The third kappa shape index (κ3) is 4.53. The van der Waals surface area contributed by atoms with Gasteiger partial charge in [-0.25, -0.2) is 4.79 Å². The molecule has 1 atom stereocenters. The summed E-state index contributed by atoms with van der Waals surface area (Å²) in [5, 5.41) is 3.49. The number of nitrogens with one attached hydrogen (secondary N) is 1. The summed E-state index contributed by atoms with van der Waals surface area (Å²) in [6.07, 6.45) is 2.65. The largest absolute Gasteiger partial charge is 0.465 e. The predicted molar refractivity (Wildman–Crippen MR) is 87.5 cm³/mol. The minimum absolute atomic E-state index is 0.308. The molecule has 1 unspecified atom stereocenters. The van der Waals surface area contributed by atoms with Gasteiger partial charge in [0.25, 0.3) is 0 Å². The Kier molecular flexibility index (Phi) is 6.21. The number of nitrogens with zero attached hydrogens (tertiary/aromatic N) is 1. The second kappa shape index (κ2) is 7.92. The number of hydrogen-bond donors (Lipinski definition) is 1. The van der Waals surface area contributed by atoms with Crippen molar-refractivity contribution in [2.24, 2.45) is 0 Å². The lowest BCUT2D eigenvalue weighted by atomic mass is 10.1. The molecule has 1 aliphatic rings. The molecular formula is C16H23BrN2O2. The fraction of sp³-hybridized carbons (Fsp3) is 0.562. The van der Waals surface area contributed by atoms with Gasteiger partial charge in [-0.1, -0.05) is 22.0 Å². The number of methoxy groups -OCH3 is 1. The Morgan fingerprint density at radius 3 is 2.76 bits per heavy atom. The van der Waals surface area contributed by atoms with Crippen LogP contribution in [-0.4, -0.2) is 43.7 Å². The molecule has 5 heteroatoms. The maximum Gasteiger partial charge on any atom is 0.337 e. The van der Waals surface area contributed by atoms with Gasteiger partial charge in [0.1, 0.15) is 0 Å². The van der Waals surface area contributed by atoms with Crippen LogP contribution in [0.1, 0.15) is 35.7 Å². The van der Waals surface area contributed by atoms with Crippen molar-refractivity contribution in [3.05, 3.63) is 33.8 Å². The highest BCUT2D eigenvalue weighted by atomic mass is 79.9. The molecule has 0 saturated carbocycles. The van der Waals surface area contributed by atoms with Crippen LogP contribution in [0.25, 0.3) is 0 Å². The Morgan fingerprint density at radius 1 is 1.43 bits per heavy atom. The maximum absolute atomic E-state index is 11.5. The Balaban J connectivity index is 1.84. The average molecular weight is 355 g/mol. The molecule has 0 amide bonds. The number of hydrogen-bond acceptors (Lipinski definition) is 4. The van der Waals surface area contributed by atoms with Crippen LogP contribution >= 0.6 is 15.9 Å². The van der Waals surface area contributed by atoms with E-state index >= 15 is 0 Å². The molecule has 0 radical (unpaired) electrons. The van der Waals surface area contributed by atoms with Crippen LogP contribution in [0.2, 0.25) is 0 Å². The number of rotatable bonds is 6. The molecule has 116 valence electrons. The molecule has 0 aliphatic carbocycles. The first-order chi connectivity index (χ1) is 10.1. The highest BCUT2D eigenvalue weighted by Gasteiger charge is 2.17. The summed E-state index contributed by atoms with van der Waals surface area (Å²) in [5.74, 6) is -0.308. The average Bonchev–Trinajstić information content (AvgIpc) is 3.02. The van der Waals surface area contributed by atoms with Gasteiger partial charge >= 0.3 is 5.97 Å². The Hall–Kier alpha value is -0.910. The maximum atomic E-state index is 11.5. The van der Waals surface area contributed by atoms with Crippen molar-refractivity contribution in [1.29, 1.82) is 0 Å². The first-order valence-corrected chi connectivity index (χ1v) is 8.22. The molecular weight excluding hydrogens is 332 g/mol. The monoisotopic (exact) mass is 354 g/mol. The summed E-state index contributed by atoms with van der Waals surface area (Å²) in [7, 11) is 1.39. The van der Waals surface area contributed by atoms with E-state index in [4.69, 9.17) is 4.74 Å². The lowest BCUT2D eigenvalue weighted by molar-refractivity contribution is 0.0600. The summed E-state index contributed by atoms with van der Waals surface area (Å²) < 4.78 is 5.66. The van der Waals surface area contributed by atoms with E-state index in [2.05, 4.69) is 33.1 Å². The standard InChI is InChI=1S/C16H23BrN2O2/c1-12(19-7-3-4-8-19)10-18-11-14-6-5-13(9-15(14)17)16(20)21-2/h5-6,9,12,18H,3-4,7-8,10-11H2,1-2H3. The van der Waals surface area contributed by atoms with Gasteiger partial charge in [0.2, 0.25) is 0 Å². The molecule has 1 N–H and O–H groups in total. The number of esters is 1. The third-order valence-corrected chi connectivity index (χ3v) is 4.73. The van der Waals surface area contributed by atoms with E-state index in [-0.39, 0.29) is 5.97 Å². The zero-order valence-corrected chi connectivity index (χ0v) is 14.3. The van der Waals surface area contributed by atoms with E-state index in [0.29, 0.717) is 11.6 Å². The van der Waals surface area contributed by atoms with E-state index in [1.807, 2.05) is 12.1 Å². The van der Waals surface area contributed by atoms with Crippen molar-refractivity contribution in [2.45, 2.75) is 32.4 Å². The molecule has 1 aromatic carbocycles. The van der Waals surface area contributed by atoms with Gasteiger partial charge in [-0.15, -0.1) is 0 Å². The van der Waals surface area contributed by atoms with Crippen molar-refractivity contribution < 1.29 is 9.53 Å². The van der Waals surface area contributed by atoms with Crippen LogP contribution in [0.5, 0.6) is 0 Å². The number of carbonyl (C=O) groups is 1. The van der Waals surface area contributed by atoms with Gasteiger partial charge < -0.3 is 10.1 Å². The minimum atomic E-state index is -0.308. The second-order valence-corrected chi connectivity index (χ2v) is 6.38. The molecule has 0 aromatic heterocycles. The number of ether oxygens (including phenoxy) is 1. The Labute approximate surface area is 135 Å². The van der Waals surface area contributed by atoms with Gasteiger partial charge in [-0.05, 0) is 50.6 Å². The minimum Gasteiger partial charge on any atom is -0.465 e. The quantitative estimate of drug-likeness (QED) is 0.797. The van der Waals surface area contributed by atoms with E-state index < -0.39 is 0 Å². The highest BCUT2D eigenvalue weighted by Crippen LogP contribution is 2.19. The fourth-order valence-electron chi connectivity index (χ4n) is 2.66. The Morgan fingerprint density at radius 2 is 2.14 bits per heavy atom. The molecule has 2 rings (SSSR count). The molecule has 1 aromatic rings. The van der Waals surface area contributed by atoms with Crippen LogP contribution < -0.4 is 5.32 Å². The van der Waals surface area contributed by atoms with Gasteiger partial charge in [0, 0.05) is 23.6 Å². The molecule has 4 nitrogen and oxygen atoms in total. The fourth-order valence-corrected chi connectivity index (χ4v) is 3.18. The molecule has 1 fully saturated rings. The molecule has 1 aliphatic heterocycles.